The van der Waals surface area contributed by atoms with Gasteiger partial charge in [0.15, 0.2) is 0 Å². The van der Waals surface area contributed by atoms with Gasteiger partial charge in [0.1, 0.15) is 0 Å². The Balaban J connectivity index is 1.84. The summed E-state index contributed by atoms with van der Waals surface area (Å²) in [6, 6.07) is 7.66. The topological polar surface area (TPSA) is 78.4 Å². The van der Waals surface area contributed by atoms with Crippen LogP contribution in [0.1, 0.15) is 31.4 Å². The van der Waals surface area contributed by atoms with Crippen LogP contribution in [-0.4, -0.2) is 65.3 Å². The smallest absolute Gasteiger partial charge is 0.236 e. The van der Waals surface area contributed by atoms with Crippen LogP contribution in [0.15, 0.2) is 36.7 Å². The van der Waals surface area contributed by atoms with Crippen LogP contribution in [0.3, 0.4) is 0 Å². The van der Waals surface area contributed by atoms with E-state index in [0.717, 1.165) is 48.6 Å². The molecule has 1 fully saturated rings. The molecule has 1 saturated heterocycles. The Labute approximate surface area is 165 Å². The van der Waals surface area contributed by atoms with E-state index >= 15 is 0 Å². The van der Waals surface area contributed by atoms with Gasteiger partial charge in [-0.3, -0.25) is 24.5 Å². The average Bonchev–Trinajstić information content (AvgIpc) is 2.68. The average molecular weight is 381 g/mol. The number of nitrogens with one attached hydrogen (secondary N) is 1. The van der Waals surface area contributed by atoms with Crippen LogP contribution in [-0.2, 0) is 9.59 Å². The van der Waals surface area contributed by atoms with E-state index in [-0.39, 0.29) is 17.7 Å². The van der Waals surface area contributed by atoms with Crippen LogP contribution in [0.4, 0.5) is 5.69 Å². The standard InChI is InChI=1S/C21H27N5O2/c1-15(27)24-18-8-4-6-16(12-18)20-21(23-10-9-22-20)17-7-5-11-26(13-17)14-19(28)25(2)3/h4,6,8-10,12,17H,5,7,11,13-14H2,1-3H3,(H,24,27). The summed E-state index contributed by atoms with van der Waals surface area (Å²) in [6.45, 7) is 3.63. The number of carbonyl (C=O) groups excluding carboxylic acids is 2. The van der Waals surface area contributed by atoms with Crippen molar-refractivity contribution in [2.75, 3.05) is 39.0 Å². The van der Waals surface area contributed by atoms with Crippen molar-refractivity contribution in [3.63, 3.8) is 0 Å². The maximum atomic E-state index is 12.1. The van der Waals surface area contributed by atoms with E-state index in [1.807, 2.05) is 24.3 Å². The summed E-state index contributed by atoms with van der Waals surface area (Å²) in [5.41, 5.74) is 3.45. The molecule has 7 nitrogen and oxygen atoms in total. The van der Waals surface area contributed by atoms with Gasteiger partial charge in [-0.15, -0.1) is 0 Å². The van der Waals surface area contributed by atoms with Gasteiger partial charge in [-0.1, -0.05) is 12.1 Å². The van der Waals surface area contributed by atoms with Crippen LogP contribution in [0.25, 0.3) is 11.3 Å². The second kappa shape index (κ2) is 8.93. The molecule has 0 aliphatic carbocycles. The Bertz CT molecular complexity index is 852. The molecule has 28 heavy (non-hydrogen) atoms. The summed E-state index contributed by atoms with van der Waals surface area (Å²) in [4.78, 5) is 36.5. The van der Waals surface area contributed by atoms with Gasteiger partial charge in [-0.2, -0.15) is 0 Å². The maximum absolute atomic E-state index is 12.1. The zero-order chi connectivity index (χ0) is 20.1. The number of nitrogens with zero attached hydrogens (tertiary/aromatic N) is 4. The Morgan fingerprint density at radius 1 is 1.25 bits per heavy atom. The lowest BCUT2D eigenvalue weighted by Gasteiger charge is -2.33. The molecule has 1 aliphatic heterocycles. The number of hydrogen-bond donors (Lipinski definition) is 1. The minimum atomic E-state index is -0.106. The van der Waals surface area contributed by atoms with Crippen LogP contribution in [0.5, 0.6) is 0 Å². The zero-order valence-corrected chi connectivity index (χ0v) is 16.7. The van der Waals surface area contributed by atoms with Crippen LogP contribution in [0, 0.1) is 0 Å². The van der Waals surface area contributed by atoms with E-state index in [4.69, 9.17) is 0 Å². The zero-order valence-electron chi connectivity index (χ0n) is 16.7. The lowest BCUT2D eigenvalue weighted by molar-refractivity contribution is -0.130. The number of likely N-dealkylation sites (N-methyl/N-ethyl adjacent to an activating group) is 1. The van der Waals surface area contributed by atoms with Gasteiger partial charge in [0.25, 0.3) is 0 Å². The highest BCUT2D eigenvalue weighted by Gasteiger charge is 2.26. The number of hydrogen-bond acceptors (Lipinski definition) is 5. The molecule has 0 spiro atoms. The first-order chi connectivity index (χ1) is 13.4. The molecule has 148 valence electrons. The van der Waals surface area contributed by atoms with Crippen LogP contribution >= 0.6 is 0 Å². The molecule has 2 amide bonds. The van der Waals surface area contributed by atoms with Gasteiger partial charge in [-0.25, -0.2) is 0 Å². The van der Waals surface area contributed by atoms with Crippen molar-refractivity contribution in [2.45, 2.75) is 25.7 Å². The molecule has 1 unspecified atom stereocenters. The summed E-state index contributed by atoms with van der Waals surface area (Å²) < 4.78 is 0. The summed E-state index contributed by atoms with van der Waals surface area (Å²) >= 11 is 0. The maximum Gasteiger partial charge on any atom is 0.236 e. The fourth-order valence-electron chi connectivity index (χ4n) is 3.57. The number of likely N-dealkylation sites (tertiary alicyclic amines) is 1. The van der Waals surface area contributed by atoms with Crippen molar-refractivity contribution in [2.24, 2.45) is 0 Å². The van der Waals surface area contributed by atoms with E-state index in [1.54, 1.807) is 31.4 Å². The van der Waals surface area contributed by atoms with E-state index in [9.17, 15) is 9.59 Å². The van der Waals surface area contributed by atoms with E-state index < -0.39 is 0 Å². The monoisotopic (exact) mass is 381 g/mol. The van der Waals surface area contributed by atoms with Crippen LogP contribution in [0.2, 0.25) is 0 Å². The number of anilines is 1. The van der Waals surface area contributed by atoms with Crippen molar-refractivity contribution in [3.8, 4) is 11.3 Å². The SMILES string of the molecule is CC(=O)Nc1cccc(-c2nccnc2C2CCCN(CC(=O)N(C)C)C2)c1. The molecule has 1 atom stereocenters. The quantitative estimate of drug-likeness (QED) is 0.860. The van der Waals surface area contributed by atoms with Gasteiger partial charge in [-0.05, 0) is 31.5 Å². The van der Waals surface area contributed by atoms with Crippen molar-refractivity contribution in [1.82, 2.24) is 19.8 Å². The minimum Gasteiger partial charge on any atom is -0.348 e. The molecule has 1 N–H and O–H groups in total. The predicted molar refractivity (Wildman–Crippen MR) is 109 cm³/mol. The first kappa shape index (κ1) is 19.9. The molecule has 2 heterocycles. The molecule has 7 heteroatoms. The van der Waals surface area contributed by atoms with Crippen molar-refractivity contribution < 1.29 is 9.59 Å². The highest BCUT2D eigenvalue weighted by molar-refractivity contribution is 5.89. The van der Waals surface area contributed by atoms with Crippen molar-refractivity contribution in [1.29, 1.82) is 0 Å². The molecular formula is C21H27N5O2. The number of carbonyl (C=O) groups is 2. The number of piperidine rings is 1. The fourth-order valence-corrected chi connectivity index (χ4v) is 3.57. The van der Waals surface area contributed by atoms with E-state index in [2.05, 4.69) is 20.2 Å². The van der Waals surface area contributed by atoms with Gasteiger partial charge >= 0.3 is 0 Å². The van der Waals surface area contributed by atoms with Crippen molar-refractivity contribution >= 4 is 17.5 Å². The molecule has 2 aromatic rings. The minimum absolute atomic E-state index is 0.106. The molecule has 0 radical (unpaired) electrons. The Hall–Kier alpha value is -2.80. The molecular weight excluding hydrogens is 354 g/mol. The van der Waals surface area contributed by atoms with E-state index in [0.29, 0.717) is 6.54 Å². The summed E-state index contributed by atoms with van der Waals surface area (Å²) in [6.07, 6.45) is 5.46. The Morgan fingerprint density at radius 2 is 2.04 bits per heavy atom. The third kappa shape index (κ3) is 4.92. The molecule has 0 saturated carbocycles. The molecule has 0 bridgehead atoms. The number of amides is 2. The molecule has 3 rings (SSSR count). The lowest BCUT2D eigenvalue weighted by Crippen LogP contribution is -2.41. The normalized spacial score (nSPS) is 17.2. The fraction of sp³-hybridized carbons (Fsp3) is 0.429. The third-order valence-electron chi connectivity index (χ3n) is 4.93. The second-order valence-corrected chi connectivity index (χ2v) is 7.41. The highest BCUT2D eigenvalue weighted by Crippen LogP contribution is 2.32. The Morgan fingerprint density at radius 3 is 2.79 bits per heavy atom. The third-order valence-corrected chi connectivity index (χ3v) is 4.93. The molecule has 1 aromatic heterocycles. The largest absolute Gasteiger partial charge is 0.348 e. The Kier molecular flexibility index (Phi) is 6.36. The molecule has 1 aromatic carbocycles. The number of benzene rings is 1. The summed E-state index contributed by atoms with van der Waals surface area (Å²) in [7, 11) is 3.57. The summed E-state index contributed by atoms with van der Waals surface area (Å²) in [5.74, 6) is 0.227. The second-order valence-electron chi connectivity index (χ2n) is 7.41. The van der Waals surface area contributed by atoms with Gasteiger partial charge in [0.05, 0.1) is 17.9 Å². The van der Waals surface area contributed by atoms with Gasteiger partial charge in [0, 0.05) is 57.1 Å². The lowest BCUT2D eigenvalue weighted by atomic mass is 9.91. The van der Waals surface area contributed by atoms with Crippen molar-refractivity contribution in [3.05, 3.63) is 42.4 Å². The first-order valence-electron chi connectivity index (χ1n) is 9.55. The van der Waals surface area contributed by atoms with Crippen LogP contribution < -0.4 is 5.32 Å². The predicted octanol–water partition coefficient (Wildman–Crippen LogP) is 2.37. The highest BCUT2D eigenvalue weighted by atomic mass is 16.2. The summed E-state index contributed by atoms with van der Waals surface area (Å²) in [5, 5.41) is 2.82. The molecule has 1 aliphatic rings. The number of aromatic nitrogens is 2. The first-order valence-corrected chi connectivity index (χ1v) is 9.55. The number of rotatable bonds is 5. The van der Waals surface area contributed by atoms with E-state index in [1.165, 1.54) is 6.92 Å². The van der Waals surface area contributed by atoms with Gasteiger partial charge < -0.3 is 10.2 Å². The van der Waals surface area contributed by atoms with Gasteiger partial charge in [0.2, 0.25) is 11.8 Å².